The van der Waals surface area contributed by atoms with Gasteiger partial charge in [0.1, 0.15) is 18.2 Å². The minimum atomic E-state index is -0.483. The fourth-order valence-electron chi connectivity index (χ4n) is 3.78. The van der Waals surface area contributed by atoms with Crippen LogP contribution in [0.4, 0.5) is 4.39 Å². The lowest BCUT2D eigenvalue weighted by Gasteiger charge is -2.08. The zero-order valence-corrected chi connectivity index (χ0v) is 18.9. The number of carbonyl (C=O) groups excluding carboxylic acids is 2. The average Bonchev–Trinajstić information content (AvgIpc) is 3.08. The normalized spacial score (nSPS) is 10.9. The van der Waals surface area contributed by atoms with Crippen molar-refractivity contribution in [2.75, 3.05) is 7.11 Å². The molecular formula is C26H21ClFNO4. The molecule has 0 radical (unpaired) electrons. The molecule has 0 fully saturated rings. The number of fused-ring (bicyclic) bond motifs is 1. The van der Waals surface area contributed by atoms with Gasteiger partial charge in [-0.15, -0.1) is 0 Å². The number of rotatable bonds is 6. The van der Waals surface area contributed by atoms with E-state index < -0.39 is 11.8 Å². The predicted molar refractivity (Wildman–Crippen MR) is 124 cm³/mol. The van der Waals surface area contributed by atoms with E-state index in [0.29, 0.717) is 38.7 Å². The Morgan fingerprint density at radius 1 is 1.03 bits per heavy atom. The van der Waals surface area contributed by atoms with Crippen molar-refractivity contribution in [2.45, 2.75) is 20.0 Å². The fraction of sp³-hybridized carbons (Fsp3) is 0.154. The molecule has 0 saturated carbocycles. The first-order chi connectivity index (χ1) is 15.9. The van der Waals surface area contributed by atoms with Crippen molar-refractivity contribution in [3.8, 4) is 5.75 Å². The summed E-state index contributed by atoms with van der Waals surface area (Å²) in [5.74, 6) is -0.509. The number of halogens is 2. The van der Waals surface area contributed by atoms with Gasteiger partial charge in [-0.25, -0.2) is 4.39 Å². The van der Waals surface area contributed by atoms with Gasteiger partial charge in [0.05, 0.1) is 19.0 Å². The summed E-state index contributed by atoms with van der Waals surface area (Å²) in [6.07, 6.45) is -0.0499. The van der Waals surface area contributed by atoms with Crippen LogP contribution in [0.2, 0.25) is 5.02 Å². The number of esters is 1. The summed E-state index contributed by atoms with van der Waals surface area (Å²) < 4.78 is 25.7. The van der Waals surface area contributed by atoms with Crippen LogP contribution in [-0.2, 0) is 22.6 Å². The van der Waals surface area contributed by atoms with Gasteiger partial charge in [0, 0.05) is 21.7 Å². The van der Waals surface area contributed by atoms with Crippen LogP contribution in [0.5, 0.6) is 5.75 Å². The maximum Gasteiger partial charge on any atom is 0.310 e. The third-order valence-corrected chi connectivity index (χ3v) is 5.70. The number of benzene rings is 3. The molecule has 4 rings (SSSR count). The van der Waals surface area contributed by atoms with Crippen molar-refractivity contribution >= 4 is 34.4 Å². The first kappa shape index (κ1) is 22.6. The second kappa shape index (κ2) is 9.46. The molecule has 4 aromatic rings. The number of aromatic nitrogens is 1. The van der Waals surface area contributed by atoms with Crippen LogP contribution in [0.1, 0.15) is 27.2 Å². The highest BCUT2D eigenvalue weighted by Gasteiger charge is 2.22. The number of carbonyl (C=O) groups is 2. The number of methoxy groups -OCH3 is 1. The lowest BCUT2D eigenvalue weighted by Crippen LogP contribution is -2.14. The molecule has 7 heteroatoms. The summed E-state index contributed by atoms with van der Waals surface area (Å²) in [6, 6.07) is 17.9. The Labute approximate surface area is 195 Å². The zero-order valence-electron chi connectivity index (χ0n) is 18.1. The molecule has 0 N–H and O–H groups in total. The maximum atomic E-state index is 13.4. The molecule has 0 saturated heterocycles. The van der Waals surface area contributed by atoms with E-state index in [0.717, 1.165) is 5.39 Å². The van der Waals surface area contributed by atoms with Crippen molar-refractivity contribution in [2.24, 2.45) is 0 Å². The third-order valence-electron chi connectivity index (χ3n) is 5.45. The Kier molecular flexibility index (Phi) is 6.47. The largest absolute Gasteiger partial charge is 0.497 e. The van der Waals surface area contributed by atoms with Gasteiger partial charge in [-0.05, 0) is 72.6 Å². The number of ether oxygens (including phenoxy) is 2. The summed E-state index contributed by atoms with van der Waals surface area (Å²) in [4.78, 5) is 26.0. The Balaban J connectivity index is 1.68. The lowest BCUT2D eigenvalue weighted by atomic mass is 10.1. The van der Waals surface area contributed by atoms with Gasteiger partial charge in [0.2, 0.25) is 0 Å². The quantitative estimate of drug-likeness (QED) is 0.341. The first-order valence-corrected chi connectivity index (χ1v) is 10.6. The number of nitrogens with zero attached hydrogens (tertiary/aromatic N) is 1. The third kappa shape index (κ3) is 4.76. The first-order valence-electron chi connectivity index (χ1n) is 10.3. The van der Waals surface area contributed by atoms with E-state index in [9.17, 15) is 14.0 Å². The molecule has 3 aromatic carbocycles. The smallest absolute Gasteiger partial charge is 0.310 e. The molecule has 0 spiro atoms. The van der Waals surface area contributed by atoms with Crippen molar-refractivity contribution < 1.29 is 23.5 Å². The minimum Gasteiger partial charge on any atom is -0.497 e. The minimum absolute atomic E-state index is 0.0404. The number of hydrogen-bond donors (Lipinski definition) is 0. The van der Waals surface area contributed by atoms with Gasteiger partial charge >= 0.3 is 5.97 Å². The molecular weight excluding hydrogens is 445 g/mol. The fourth-order valence-corrected chi connectivity index (χ4v) is 3.91. The summed E-state index contributed by atoms with van der Waals surface area (Å²) in [6.45, 7) is 1.75. The highest BCUT2D eigenvalue weighted by atomic mass is 35.5. The lowest BCUT2D eigenvalue weighted by molar-refractivity contribution is -0.144. The highest BCUT2D eigenvalue weighted by Crippen LogP contribution is 2.31. The van der Waals surface area contributed by atoms with Crippen molar-refractivity contribution in [3.63, 3.8) is 0 Å². The van der Waals surface area contributed by atoms with E-state index in [4.69, 9.17) is 21.1 Å². The molecule has 0 aliphatic rings. The van der Waals surface area contributed by atoms with E-state index in [1.54, 1.807) is 73.2 Å². The van der Waals surface area contributed by atoms with Crippen LogP contribution in [0.25, 0.3) is 10.9 Å². The van der Waals surface area contributed by atoms with Crippen molar-refractivity contribution in [1.29, 1.82) is 0 Å². The SMILES string of the molecule is COc1ccc2c(c1)c(CC(=O)OCc1cccc(F)c1)c(C)n2C(=O)c1ccc(Cl)cc1. The van der Waals surface area contributed by atoms with Gasteiger partial charge in [0.15, 0.2) is 0 Å². The molecule has 5 nitrogen and oxygen atoms in total. The van der Waals surface area contributed by atoms with E-state index >= 15 is 0 Å². The van der Waals surface area contributed by atoms with Crippen LogP contribution in [0, 0.1) is 12.7 Å². The Morgan fingerprint density at radius 2 is 1.79 bits per heavy atom. The van der Waals surface area contributed by atoms with Crippen molar-refractivity contribution in [1.82, 2.24) is 4.57 Å². The summed E-state index contributed by atoms with van der Waals surface area (Å²) >= 11 is 5.96. The second-order valence-electron chi connectivity index (χ2n) is 7.56. The van der Waals surface area contributed by atoms with Crippen LogP contribution in [0.15, 0.2) is 66.7 Å². The van der Waals surface area contributed by atoms with Crippen LogP contribution < -0.4 is 4.74 Å². The predicted octanol–water partition coefficient (Wildman–Crippen LogP) is 5.73. The van der Waals surface area contributed by atoms with E-state index in [1.165, 1.54) is 12.1 Å². The molecule has 0 bridgehead atoms. The number of hydrogen-bond acceptors (Lipinski definition) is 4. The van der Waals surface area contributed by atoms with Gasteiger partial charge in [-0.3, -0.25) is 14.2 Å². The molecule has 0 atom stereocenters. The van der Waals surface area contributed by atoms with Crippen LogP contribution in [0.3, 0.4) is 0 Å². The highest BCUT2D eigenvalue weighted by molar-refractivity contribution is 6.30. The Morgan fingerprint density at radius 3 is 2.48 bits per heavy atom. The summed E-state index contributed by atoms with van der Waals surface area (Å²) in [5, 5.41) is 1.25. The van der Waals surface area contributed by atoms with Gasteiger partial charge in [-0.1, -0.05) is 23.7 Å². The summed E-state index contributed by atoms with van der Waals surface area (Å²) in [5.41, 5.74) is 2.97. The van der Waals surface area contributed by atoms with E-state index in [-0.39, 0.29) is 18.9 Å². The van der Waals surface area contributed by atoms with Crippen LogP contribution in [-0.4, -0.2) is 23.6 Å². The van der Waals surface area contributed by atoms with Gasteiger partial charge in [-0.2, -0.15) is 0 Å². The molecule has 1 aromatic heterocycles. The molecule has 168 valence electrons. The molecule has 0 aliphatic heterocycles. The molecule has 0 unspecified atom stereocenters. The van der Waals surface area contributed by atoms with Crippen LogP contribution >= 0.6 is 11.6 Å². The molecule has 0 aliphatic carbocycles. The maximum absolute atomic E-state index is 13.4. The van der Waals surface area contributed by atoms with Gasteiger partial charge in [0.25, 0.3) is 5.91 Å². The average molecular weight is 466 g/mol. The van der Waals surface area contributed by atoms with Crippen molar-refractivity contribution in [3.05, 3.63) is 100.0 Å². The molecule has 1 heterocycles. The molecule has 33 heavy (non-hydrogen) atoms. The summed E-state index contributed by atoms with van der Waals surface area (Å²) in [7, 11) is 1.55. The van der Waals surface area contributed by atoms with E-state index in [1.807, 2.05) is 0 Å². The molecule has 0 amide bonds. The Bertz CT molecular complexity index is 1340. The van der Waals surface area contributed by atoms with Gasteiger partial charge < -0.3 is 9.47 Å². The van der Waals surface area contributed by atoms with E-state index in [2.05, 4.69) is 0 Å². The Hall–Kier alpha value is -3.64. The zero-order chi connectivity index (χ0) is 23.5. The monoisotopic (exact) mass is 465 g/mol. The topological polar surface area (TPSA) is 57.5 Å². The standard InChI is InChI=1S/C26H21ClFNO4/c1-16-22(14-25(30)33-15-17-4-3-5-20(28)12-17)23-13-21(32-2)10-11-24(23)29(16)26(31)18-6-8-19(27)9-7-18/h3-13H,14-15H2,1-2H3. The second-order valence-corrected chi connectivity index (χ2v) is 8.00.